The lowest BCUT2D eigenvalue weighted by molar-refractivity contribution is 0.839. The molecule has 0 spiro atoms. The van der Waals surface area contributed by atoms with Crippen LogP contribution >= 0.6 is 11.6 Å². The van der Waals surface area contributed by atoms with Crippen molar-refractivity contribution in [2.45, 2.75) is 19.3 Å². The maximum atomic E-state index is 5.89. The molecule has 0 amide bonds. The number of fused-ring (bicyclic) bond motifs is 1. The molecule has 2 aromatic carbocycles. The van der Waals surface area contributed by atoms with E-state index in [1.165, 1.54) is 23.3 Å². The third-order valence-electron chi connectivity index (χ3n) is 3.28. The minimum Gasteiger partial charge on any atom is -0.253 e. The van der Waals surface area contributed by atoms with Gasteiger partial charge in [-0.25, -0.2) is 0 Å². The van der Waals surface area contributed by atoms with Crippen LogP contribution in [0.5, 0.6) is 0 Å². The molecular weight excluding hydrogens is 242 g/mol. The summed E-state index contributed by atoms with van der Waals surface area (Å²) in [5.41, 5.74) is 4.89. The van der Waals surface area contributed by atoms with Crippen molar-refractivity contribution in [3.63, 3.8) is 0 Å². The molecule has 1 aliphatic carbocycles. The van der Waals surface area contributed by atoms with E-state index >= 15 is 0 Å². The number of hydrogen-bond donors (Lipinski definition) is 0. The Morgan fingerprint density at radius 2 is 1.67 bits per heavy atom. The van der Waals surface area contributed by atoms with Gasteiger partial charge < -0.3 is 0 Å². The first kappa shape index (κ1) is 11.5. The van der Waals surface area contributed by atoms with Gasteiger partial charge in [-0.3, -0.25) is 4.99 Å². The van der Waals surface area contributed by atoms with Gasteiger partial charge >= 0.3 is 0 Å². The molecular formula is C16H14ClN. The number of rotatable bonds is 1. The van der Waals surface area contributed by atoms with E-state index in [0.717, 1.165) is 23.6 Å². The van der Waals surface area contributed by atoms with Crippen molar-refractivity contribution in [3.05, 3.63) is 64.7 Å². The molecule has 0 saturated heterocycles. The lowest BCUT2D eigenvalue weighted by Crippen LogP contribution is -2.11. The average molecular weight is 256 g/mol. The molecule has 0 aliphatic heterocycles. The van der Waals surface area contributed by atoms with Gasteiger partial charge in [0, 0.05) is 10.7 Å². The van der Waals surface area contributed by atoms with Gasteiger partial charge in [0.15, 0.2) is 0 Å². The summed E-state index contributed by atoms with van der Waals surface area (Å²) in [6.07, 6.45) is 3.40. The molecule has 0 bridgehead atoms. The van der Waals surface area contributed by atoms with E-state index in [2.05, 4.69) is 24.3 Å². The largest absolute Gasteiger partial charge is 0.253 e. The van der Waals surface area contributed by atoms with E-state index < -0.39 is 0 Å². The summed E-state index contributed by atoms with van der Waals surface area (Å²) in [6, 6.07) is 16.3. The topological polar surface area (TPSA) is 12.4 Å². The maximum absolute atomic E-state index is 5.89. The molecule has 0 saturated carbocycles. The first-order valence-corrected chi connectivity index (χ1v) is 6.62. The van der Waals surface area contributed by atoms with Crippen LogP contribution in [0.4, 0.5) is 5.69 Å². The van der Waals surface area contributed by atoms with E-state index in [1.807, 2.05) is 24.3 Å². The van der Waals surface area contributed by atoms with Crippen molar-refractivity contribution in [3.8, 4) is 0 Å². The number of aryl methyl sites for hydroxylation is 1. The van der Waals surface area contributed by atoms with Gasteiger partial charge in [-0.15, -0.1) is 0 Å². The van der Waals surface area contributed by atoms with E-state index in [-0.39, 0.29) is 0 Å². The fourth-order valence-electron chi connectivity index (χ4n) is 2.39. The summed E-state index contributed by atoms with van der Waals surface area (Å²) in [5, 5.41) is 0.753. The third-order valence-corrected chi connectivity index (χ3v) is 3.53. The van der Waals surface area contributed by atoms with Crippen LogP contribution < -0.4 is 0 Å². The van der Waals surface area contributed by atoms with Crippen molar-refractivity contribution in [2.75, 3.05) is 0 Å². The van der Waals surface area contributed by atoms with Gasteiger partial charge in [-0.1, -0.05) is 35.9 Å². The Hall–Kier alpha value is -1.60. The van der Waals surface area contributed by atoms with Crippen molar-refractivity contribution in [1.29, 1.82) is 0 Å². The SMILES string of the molecule is Clc1ccc(N=C2CCCc3ccccc32)cc1. The quantitative estimate of drug-likeness (QED) is 0.694. The second-order valence-corrected chi connectivity index (χ2v) is 4.98. The Morgan fingerprint density at radius 1 is 0.889 bits per heavy atom. The van der Waals surface area contributed by atoms with Crippen LogP contribution in [-0.4, -0.2) is 5.71 Å². The van der Waals surface area contributed by atoms with Gasteiger partial charge in [0.2, 0.25) is 0 Å². The van der Waals surface area contributed by atoms with Gasteiger partial charge in [-0.05, 0) is 54.7 Å². The van der Waals surface area contributed by atoms with E-state index in [0.29, 0.717) is 0 Å². The molecule has 0 radical (unpaired) electrons. The average Bonchev–Trinajstić information content (AvgIpc) is 2.42. The zero-order valence-electron chi connectivity index (χ0n) is 10.1. The van der Waals surface area contributed by atoms with E-state index in [4.69, 9.17) is 16.6 Å². The summed E-state index contributed by atoms with van der Waals surface area (Å²) in [4.78, 5) is 4.76. The number of aliphatic imine (C=N–C) groups is 1. The minimum atomic E-state index is 0.753. The first-order valence-electron chi connectivity index (χ1n) is 6.24. The van der Waals surface area contributed by atoms with Crippen molar-refractivity contribution >= 4 is 23.0 Å². The fourth-order valence-corrected chi connectivity index (χ4v) is 2.51. The van der Waals surface area contributed by atoms with Crippen LogP contribution in [0.25, 0.3) is 0 Å². The molecule has 2 heteroatoms. The Kier molecular flexibility index (Phi) is 3.16. The highest BCUT2D eigenvalue weighted by Gasteiger charge is 2.14. The molecule has 90 valence electrons. The monoisotopic (exact) mass is 255 g/mol. The van der Waals surface area contributed by atoms with E-state index in [9.17, 15) is 0 Å². The first-order chi connectivity index (χ1) is 8.83. The molecule has 0 unspecified atom stereocenters. The molecule has 2 aromatic rings. The minimum absolute atomic E-state index is 0.753. The number of benzene rings is 2. The lowest BCUT2D eigenvalue weighted by Gasteiger charge is -2.17. The maximum Gasteiger partial charge on any atom is 0.0634 e. The Labute approximate surface area is 112 Å². The van der Waals surface area contributed by atoms with Gasteiger partial charge in [0.05, 0.1) is 5.69 Å². The summed E-state index contributed by atoms with van der Waals surface area (Å²) in [6.45, 7) is 0. The second-order valence-electron chi connectivity index (χ2n) is 4.55. The molecule has 1 aliphatic rings. The van der Waals surface area contributed by atoms with Gasteiger partial charge in [-0.2, -0.15) is 0 Å². The number of hydrogen-bond acceptors (Lipinski definition) is 1. The van der Waals surface area contributed by atoms with Crippen molar-refractivity contribution in [2.24, 2.45) is 4.99 Å². The highest BCUT2D eigenvalue weighted by atomic mass is 35.5. The summed E-state index contributed by atoms with van der Waals surface area (Å²) in [7, 11) is 0. The highest BCUT2D eigenvalue weighted by molar-refractivity contribution is 6.30. The molecule has 3 rings (SSSR count). The molecule has 0 N–H and O–H groups in total. The molecule has 18 heavy (non-hydrogen) atoms. The molecule has 0 atom stereocenters. The van der Waals surface area contributed by atoms with Crippen LogP contribution in [-0.2, 0) is 6.42 Å². The lowest BCUT2D eigenvalue weighted by atomic mass is 9.90. The number of nitrogens with zero attached hydrogens (tertiary/aromatic N) is 1. The molecule has 0 aromatic heterocycles. The Morgan fingerprint density at radius 3 is 2.50 bits per heavy atom. The standard InChI is InChI=1S/C16H14ClN/c17-13-8-10-14(11-9-13)18-16-7-3-5-12-4-1-2-6-15(12)16/h1-2,4,6,8-11H,3,5,7H2. The predicted molar refractivity (Wildman–Crippen MR) is 77.0 cm³/mol. The van der Waals surface area contributed by atoms with Crippen molar-refractivity contribution in [1.82, 2.24) is 0 Å². The van der Waals surface area contributed by atoms with Crippen LogP contribution in [0.3, 0.4) is 0 Å². The Bertz CT molecular complexity index is 584. The smallest absolute Gasteiger partial charge is 0.0634 e. The van der Waals surface area contributed by atoms with Gasteiger partial charge in [0.25, 0.3) is 0 Å². The van der Waals surface area contributed by atoms with Crippen LogP contribution in [0, 0.1) is 0 Å². The summed E-state index contributed by atoms with van der Waals surface area (Å²) >= 11 is 5.89. The molecule has 0 fully saturated rings. The van der Waals surface area contributed by atoms with E-state index in [1.54, 1.807) is 0 Å². The zero-order chi connectivity index (χ0) is 12.4. The normalized spacial score (nSPS) is 16.6. The third kappa shape index (κ3) is 2.32. The molecule has 1 nitrogen and oxygen atoms in total. The van der Waals surface area contributed by atoms with Crippen LogP contribution in [0.2, 0.25) is 5.02 Å². The highest BCUT2D eigenvalue weighted by Crippen LogP contribution is 2.25. The van der Waals surface area contributed by atoms with Crippen LogP contribution in [0.15, 0.2) is 53.5 Å². The Balaban J connectivity index is 2.00. The fraction of sp³-hybridized carbons (Fsp3) is 0.188. The summed E-state index contributed by atoms with van der Waals surface area (Å²) in [5.74, 6) is 0. The second kappa shape index (κ2) is 4.95. The van der Waals surface area contributed by atoms with Gasteiger partial charge in [0.1, 0.15) is 0 Å². The molecule has 0 heterocycles. The zero-order valence-corrected chi connectivity index (χ0v) is 10.8. The summed E-state index contributed by atoms with van der Waals surface area (Å²) < 4.78 is 0. The predicted octanol–water partition coefficient (Wildman–Crippen LogP) is 4.80. The van der Waals surface area contributed by atoms with Crippen LogP contribution in [0.1, 0.15) is 24.0 Å². The number of halogens is 1. The van der Waals surface area contributed by atoms with Crippen molar-refractivity contribution < 1.29 is 0 Å².